The van der Waals surface area contributed by atoms with Crippen LogP contribution in [0.25, 0.3) is 0 Å². The number of fused-ring (bicyclic) bond motifs is 7. The second-order valence-corrected chi connectivity index (χ2v) is 9.73. The minimum Gasteiger partial charge on any atom is -0.507 e. The number of likely N-dealkylation sites (N-methyl/N-ethyl adjacent to an activating group) is 1. The van der Waals surface area contributed by atoms with Crippen LogP contribution in [0.5, 0.6) is 28.7 Å². The van der Waals surface area contributed by atoms with E-state index in [0.29, 0.717) is 28.9 Å². The molecule has 1 amide bonds. The first-order chi connectivity index (χ1) is 17.1. The van der Waals surface area contributed by atoms with Gasteiger partial charge in [-0.2, -0.15) is 0 Å². The number of phenolic OH excluding ortho intramolecular Hbond substituents is 2. The molecule has 4 N–H and O–H groups in total. The van der Waals surface area contributed by atoms with Crippen molar-refractivity contribution in [3.05, 3.63) is 39.4 Å². The number of aliphatic hydroxyl groups excluding tert-OH is 2. The largest absolute Gasteiger partial charge is 0.507 e. The number of amides is 1. The molecule has 1 fully saturated rings. The van der Waals surface area contributed by atoms with Crippen LogP contribution in [0.1, 0.15) is 51.6 Å². The molecule has 36 heavy (non-hydrogen) atoms. The Morgan fingerprint density at radius 3 is 2.19 bits per heavy atom. The van der Waals surface area contributed by atoms with Gasteiger partial charge in [0.2, 0.25) is 5.91 Å². The molecule has 4 unspecified atom stereocenters. The summed E-state index contributed by atoms with van der Waals surface area (Å²) in [5.74, 6) is 0.357. The van der Waals surface area contributed by atoms with Crippen molar-refractivity contribution in [3.8, 4) is 28.7 Å². The molecule has 0 radical (unpaired) electrons. The number of rotatable bonds is 4. The van der Waals surface area contributed by atoms with E-state index in [2.05, 4.69) is 0 Å². The fourth-order valence-corrected chi connectivity index (χ4v) is 6.62. The summed E-state index contributed by atoms with van der Waals surface area (Å²) in [6.07, 6.45) is -1.000. The minimum atomic E-state index is -1.35. The van der Waals surface area contributed by atoms with Crippen LogP contribution >= 0.6 is 0 Å². The highest BCUT2D eigenvalue weighted by molar-refractivity contribution is 5.86. The van der Waals surface area contributed by atoms with Crippen LogP contribution in [0, 0.1) is 13.8 Å². The van der Waals surface area contributed by atoms with Crippen LogP contribution in [0.15, 0.2) is 6.07 Å². The summed E-state index contributed by atoms with van der Waals surface area (Å²) in [4.78, 5) is 17.3. The number of phenols is 2. The summed E-state index contributed by atoms with van der Waals surface area (Å²) in [5.41, 5.74) is 2.97. The zero-order valence-electron chi connectivity index (χ0n) is 21.2. The number of aryl methyl sites for hydroxylation is 1. The van der Waals surface area contributed by atoms with Gasteiger partial charge < -0.3 is 39.5 Å². The van der Waals surface area contributed by atoms with Gasteiger partial charge in [-0.1, -0.05) is 6.07 Å². The normalized spacial score (nSPS) is 26.7. The molecule has 194 valence electrons. The number of methoxy groups -OCH3 is 3. The van der Waals surface area contributed by atoms with Crippen LogP contribution in [0.2, 0.25) is 0 Å². The standard InChI is InChI=1S/C26H32N2O8/c1-10-7-12-8-13-26(33)28-14(9-29)16-17(20(30)11(2)24(35-5)25(16)36-6)21(31)19(28)18(27(13)3)15(12)22(32)23(10)34-4/h7,13-14,18-19,21,29-32H,8-9H2,1-6H3/t13?,14-,18?,19?,21?/m0/s1. The van der Waals surface area contributed by atoms with E-state index >= 15 is 0 Å². The number of carbonyl (C=O) groups is 1. The molecule has 2 bridgehead atoms. The first-order valence-electron chi connectivity index (χ1n) is 11.8. The van der Waals surface area contributed by atoms with Crippen molar-refractivity contribution in [3.63, 3.8) is 0 Å². The van der Waals surface area contributed by atoms with E-state index in [1.807, 2.05) is 17.9 Å². The van der Waals surface area contributed by atoms with E-state index in [-0.39, 0.29) is 34.5 Å². The molecule has 0 aliphatic carbocycles. The van der Waals surface area contributed by atoms with E-state index < -0.39 is 36.9 Å². The Labute approximate surface area is 209 Å². The Morgan fingerprint density at radius 1 is 0.972 bits per heavy atom. The number of benzene rings is 2. The molecule has 10 nitrogen and oxygen atoms in total. The second-order valence-electron chi connectivity index (χ2n) is 9.73. The van der Waals surface area contributed by atoms with Gasteiger partial charge in [0.15, 0.2) is 23.0 Å². The number of aromatic hydroxyl groups is 2. The van der Waals surface area contributed by atoms with Gasteiger partial charge in [-0.25, -0.2) is 0 Å². The molecule has 10 heteroatoms. The number of nitrogens with zero attached hydrogens (tertiary/aromatic N) is 2. The van der Waals surface area contributed by atoms with Crippen molar-refractivity contribution in [1.82, 2.24) is 9.80 Å². The van der Waals surface area contributed by atoms with Gasteiger partial charge in [0, 0.05) is 22.3 Å². The summed E-state index contributed by atoms with van der Waals surface area (Å²) in [5, 5.41) is 44.9. The lowest BCUT2D eigenvalue weighted by Crippen LogP contribution is -2.67. The topological polar surface area (TPSA) is 132 Å². The van der Waals surface area contributed by atoms with Gasteiger partial charge in [-0.15, -0.1) is 0 Å². The highest BCUT2D eigenvalue weighted by Crippen LogP contribution is 2.59. The molecule has 3 aliphatic rings. The molecule has 0 spiro atoms. The van der Waals surface area contributed by atoms with E-state index in [1.54, 1.807) is 14.0 Å². The fourth-order valence-electron chi connectivity index (χ4n) is 6.62. The summed E-state index contributed by atoms with van der Waals surface area (Å²) >= 11 is 0. The Bertz CT molecular complexity index is 1260. The van der Waals surface area contributed by atoms with Crippen molar-refractivity contribution in [2.75, 3.05) is 35.0 Å². The maximum absolute atomic E-state index is 14.0. The molecular formula is C26H32N2O8. The molecule has 5 rings (SSSR count). The van der Waals surface area contributed by atoms with Crippen LogP contribution < -0.4 is 14.2 Å². The lowest BCUT2D eigenvalue weighted by Gasteiger charge is -2.58. The van der Waals surface area contributed by atoms with Gasteiger partial charge in [-0.05, 0) is 38.4 Å². The third kappa shape index (κ3) is 2.92. The van der Waals surface area contributed by atoms with Crippen LogP contribution in [0.4, 0.5) is 0 Å². The molecule has 0 aromatic heterocycles. The Hall–Kier alpha value is -3.21. The zero-order chi connectivity index (χ0) is 26.2. The number of ether oxygens (including phenoxy) is 3. The summed E-state index contributed by atoms with van der Waals surface area (Å²) in [6.45, 7) is 3.01. The SMILES string of the molecule is COc1c(C)cc2c(c1O)C1C3C(O)c4c(O)c(C)c(OC)c(OC)c4[C@H](CO)N3C(=O)C(C2)N1C. The van der Waals surface area contributed by atoms with Gasteiger partial charge in [0.25, 0.3) is 0 Å². The number of carbonyl (C=O) groups excluding carboxylic acids is 1. The smallest absolute Gasteiger partial charge is 0.241 e. The van der Waals surface area contributed by atoms with Crippen molar-refractivity contribution in [2.45, 2.75) is 50.5 Å². The van der Waals surface area contributed by atoms with E-state index in [9.17, 15) is 25.2 Å². The van der Waals surface area contributed by atoms with Gasteiger partial charge in [0.05, 0.1) is 52.1 Å². The summed E-state index contributed by atoms with van der Waals surface area (Å²) in [6, 6.07) is -1.11. The molecular weight excluding hydrogens is 468 g/mol. The third-order valence-corrected chi connectivity index (χ3v) is 8.15. The van der Waals surface area contributed by atoms with E-state index in [0.717, 1.165) is 11.1 Å². The van der Waals surface area contributed by atoms with Crippen molar-refractivity contribution < 1.29 is 39.4 Å². The number of aliphatic hydroxyl groups is 2. The molecule has 5 atom stereocenters. The van der Waals surface area contributed by atoms with Crippen LogP contribution in [-0.4, -0.2) is 83.2 Å². The first kappa shape index (κ1) is 24.5. The van der Waals surface area contributed by atoms with Gasteiger partial charge in [0.1, 0.15) is 11.9 Å². The highest BCUT2D eigenvalue weighted by Gasteiger charge is 2.58. The maximum atomic E-state index is 14.0. The number of hydrogen-bond acceptors (Lipinski definition) is 9. The second kappa shape index (κ2) is 8.43. The fraction of sp³-hybridized carbons (Fsp3) is 0.500. The predicted octanol–water partition coefficient (Wildman–Crippen LogP) is 1.63. The molecule has 2 aromatic rings. The zero-order valence-corrected chi connectivity index (χ0v) is 21.2. The summed E-state index contributed by atoms with van der Waals surface area (Å²) < 4.78 is 16.6. The van der Waals surface area contributed by atoms with Crippen LogP contribution in [0.3, 0.4) is 0 Å². The molecule has 3 heterocycles. The highest BCUT2D eigenvalue weighted by atomic mass is 16.5. The maximum Gasteiger partial charge on any atom is 0.241 e. The summed E-state index contributed by atoms with van der Waals surface area (Å²) in [7, 11) is 6.14. The van der Waals surface area contributed by atoms with Crippen molar-refractivity contribution in [1.29, 1.82) is 0 Å². The van der Waals surface area contributed by atoms with Crippen molar-refractivity contribution >= 4 is 5.91 Å². The Morgan fingerprint density at radius 2 is 1.61 bits per heavy atom. The minimum absolute atomic E-state index is 0.0386. The Balaban J connectivity index is 1.82. The van der Waals surface area contributed by atoms with E-state index in [4.69, 9.17) is 14.2 Å². The van der Waals surface area contributed by atoms with Crippen LogP contribution in [-0.2, 0) is 11.2 Å². The Kier molecular flexibility index (Phi) is 5.73. The monoisotopic (exact) mass is 500 g/mol. The molecule has 3 aliphatic heterocycles. The predicted molar refractivity (Wildman–Crippen MR) is 129 cm³/mol. The quantitative estimate of drug-likeness (QED) is 0.495. The molecule has 1 saturated heterocycles. The van der Waals surface area contributed by atoms with Crippen molar-refractivity contribution in [2.24, 2.45) is 0 Å². The number of piperazine rings is 1. The van der Waals surface area contributed by atoms with Gasteiger partial charge >= 0.3 is 0 Å². The van der Waals surface area contributed by atoms with Gasteiger partial charge in [-0.3, -0.25) is 9.69 Å². The third-order valence-electron chi connectivity index (χ3n) is 8.15. The first-order valence-corrected chi connectivity index (χ1v) is 11.8. The lowest BCUT2D eigenvalue weighted by molar-refractivity contribution is -0.168. The molecule has 2 aromatic carbocycles. The lowest BCUT2D eigenvalue weighted by atomic mass is 9.72. The average molecular weight is 501 g/mol. The van der Waals surface area contributed by atoms with E-state index in [1.165, 1.54) is 26.2 Å². The molecule has 0 saturated carbocycles. The average Bonchev–Trinajstić information content (AvgIpc) is 2.84. The number of hydrogen-bond donors (Lipinski definition) is 4.